The number of hydrogen-bond donors (Lipinski definition) is 3. The summed E-state index contributed by atoms with van der Waals surface area (Å²) in [5.41, 5.74) is 1.05. The zero-order valence-corrected chi connectivity index (χ0v) is 17.6. The normalized spacial score (nSPS) is 21.6. The number of rotatable bonds is 6. The smallest absolute Gasteiger partial charge is 0.254 e. The zero-order valence-electron chi connectivity index (χ0n) is 20.6. The van der Waals surface area contributed by atoms with Gasteiger partial charge >= 0.3 is 0 Å². The molecule has 2 amide bonds. The summed E-state index contributed by atoms with van der Waals surface area (Å²) in [6.45, 7) is -2.69. The van der Waals surface area contributed by atoms with Gasteiger partial charge in [-0.2, -0.15) is 0 Å². The quantitative estimate of drug-likeness (QED) is 0.642. The van der Waals surface area contributed by atoms with Gasteiger partial charge in [-0.1, -0.05) is 6.42 Å². The highest BCUT2D eigenvalue weighted by Crippen LogP contribution is 2.42. The van der Waals surface area contributed by atoms with Crippen LogP contribution in [0.2, 0.25) is 0 Å². The summed E-state index contributed by atoms with van der Waals surface area (Å²) < 4.78 is 23.8. The van der Waals surface area contributed by atoms with Gasteiger partial charge in [-0.15, -0.1) is 0 Å². The lowest BCUT2D eigenvalue weighted by Crippen LogP contribution is -2.32. The van der Waals surface area contributed by atoms with Crippen LogP contribution in [0.5, 0.6) is 0 Å². The van der Waals surface area contributed by atoms with Crippen LogP contribution in [0.1, 0.15) is 56.9 Å². The molecule has 2 fully saturated rings. The van der Waals surface area contributed by atoms with Crippen molar-refractivity contribution in [2.24, 2.45) is 29.8 Å². The van der Waals surface area contributed by atoms with Gasteiger partial charge in [0.1, 0.15) is 11.6 Å². The maximum absolute atomic E-state index is 13.4. The lowest BCUT2D eigenvalue weighted by atomic mass is 9.73. The van der Waals surface area contributed by atoms with E-state index in [4.69, 9.17) is 4.11 Å². The van der Waals surface area contributed by atoms with E-state index in [1.165, 1.54) is 12.3 Å². The van der Waals surface area contributed by atoms with Crippen LogP contribution >= 0.6 is 0 Å². The van der Waals surface area contributed by atoms with Crippen LogP contribution in [-0.4, -0.2) is 40.3 Å². The Hall–Kier alpha value is -3.49. The van der Waals surface area contributed by atoms with E-state index in [1.54, 1.807) is 24.0 Å². The fourth-order valence-electron chi connectivity index (χ4n) is 4.22. The zero-order chi connectivity index (χ0) is 24.9. The summed E-state index contributed by atoms with van der Waals surface area (Å²) >= 11 is 0. The van der Waals surface area contributed by atoms with Crippen LogP contribution in [-0.2, 0) is 11.8 Å². The number of amides is 2. The second-order valence-electron chi connectivity index (χ2n) is 8.67. The Kier molecular flexibility index (Phi) is 4.22. The molecule has 1 unspecified atom stereocenters. The third-order valence-corrected chi connectivity index (χ3v) is 6.44. The van der Waals surface area contributed by atoms with Gasteiger partial charge in [-0.05, 0) is 31.6 Å². The Morgan fingerprint density at radius 3 is 2.72 bits per heavy atom. The summed E-state index contributed by atoms with van der Waals surface area (Å²) in [6.07, 6.45) is 9.35. The lowest BCUT2D eigenvalue weighted by Gasteiger charge is -2.32. The van der Waals surface area contributed by atoms with Gasteiger partial charge in [0.25, 0.3) is 5.91 Å². The molecule has 9 nitrogen and oxygen atoms in total. The number of anilines is 3. The van der Waals surface area contributed by atoms with E-state index < -0.39 is 12.9 Å². The Morgan fingerprint density at radius 1 is 1.22 bits per heavy atom. The minimum Gasteiger partial charge on any atom is -0.355 e. The molecule has 2 saturated carbocycles. The molecule has 0 aromatic carbocycles. The van der Waals surface area contributed by atoms with Crippen LogP contribution < -0.4 is 16.0 Å². The minimum absolute atomic E-state index is 0.0346. The molecule has 5 rings (SSSR count). The molecule has 32 heavy (non-hydrogen) atoms. The molecule has 1 atom stereocenters. The number of carbonyl (C=O) groups is 3. The molecular formula is C23H26N6O3. The highest BCUT2D eigenvalue weighted by Gasteiger charge is 2.37. The number of nitrogens with zero attached hydrogens (tertiary/aromatic N) is 3. The first-order chi connectivity index (χ1) is 16.6. The molecule has 166 valence electrons. The fourth-order valence-corrected chi connectivity index (χ4v) is 4.22. The first-order valence-corrected chi connectivity index (χ1v) is 10.8. The van der Waals surface area contributed by atoms with Gasteiger partial charge < -0.3 is 20.5 Å². The number of aromatic nitrogens is 2. The topological polar surface area (TPSA) is 117 Å². The van der Waals surface area contributed by atoms with E-state index in [-0.39, 0.29) is 46.5 Å². The van der Waals surface area contributed by atoms with Crippen LogP contribution in [0.3, 0.4) is 0 Å². The van der Waals surface area contributed by atoms with Crippen molar-refractivity contribution in [3.05, 3.63) is 29.6 Å². The average molecular weight is 438 g/mol. The number of hydrogen-bond acceptors (Lipinski definition) is 6. The van der Waals surface area contributed by atoms with Gasteiger partial charge in [0.15, 0.2) is 5.78 Å². The molecule has 0 saturated heterocycles. The van der Waals surface area contributed by atoms with Crippen LogP contribution in [0.25, 0.3) is 0 Å². The monoisotopic (exact) mass is 437 g/mol. The molecule has 1 aliphatic heterocycles. The van der Waals surface area contributed by atoms with Crippen molar-refractivity contribution in [3.8, 4) is 0 Å². The predicted octanol–water partition coefficient (Wildman–Crippen LogP) is 3.19. The van der Waals surface area contributed by atoms with E-state index >= 15 is 0 Å². The Balaban J connectivity index is 1.50. The first kappa shape index (κ1) is 17.1. The van der Waals surface area contributed by atoms with Crippen molar-refractivity contribution in [1.82, 2.24) is 14.9 Å². The first-order valence-electron chi connectivity index (χ1n) is 12.3. The predicted molar refractivity (Wildman–Crippen MR) is 121 cm³/mol. The summed E-state index contributed by atoms with van der Waals surface area (Å²) in [7, 11) is 1.77. The van der Waals surface area contributed by atoms with Crippen molar-refractivity contribution in [1.29, 1.82) is 0 Å². The van der Waals surface area contributed by atoms with Crippen LogP contribution in [0, 0.1) is 17.8 Å². The second kappa shape index (κ2) is 7.89. The van der Waals surface area contributed by atoms with Gasteiger partial charge in [0.2, 0.25) is 5.91 Å². The number of carbonyl (C=O) groups excluding carboxylic acids is 3. The van der Waals surface area contributed by atoms with E-state index in [9.17, 15) is 14.4 Å². The second-order valence-corrected chi connectivity index (χ2v) is 8.67. The number of fused-ring (bicyclic) bond motifs is 1. The van der Waals surface area contributed by atoms with Gasteiger partial charge in [0, 0.05) is 48.7 Å². The summed E-state index contributed by atoms with van der Waals surface area (Å²) in [6, 6.07) is 1.47. The van der Waals surface area contributed by atoms with Crippen LogP contribution in [0.4, 0.5) is 23.0 Å². The number of Topliss-reactive ketones (excluding diaryl/α,β-unsaturated/α-hetero) is 1. The molecule has 3 aliphatic rings. The third kappa shape index (κ3) is 3.57. The van der Waals surface area contributed by atoms with Crippen molar-refractivity contribution in [2.45, 2.75) is 32.1 Å². The SMILES string of the molecule is [2H]C([2H])([2H])NC(=O)c1cnc(NC(=O)C2CC2)cc1Nc1cn(C)c2c1C(=O)C(C1CCC1)C=N2. The van der Waals surface area contributed by atoms with E-state index in [0.717, 1.165) is 32.1 Å². The molecule has 3 heterocycles. The number of aliphatic imine (C=N–C) groups is 1. The van der Waals surface area contributed by atoms with Crippen molar-refractivity contribution < 1.29 is 18.5 Å². The molecule has 2 aromatic rings. The summed E-state index contributed by atoms with van der Waals surface area (Å²) in [4.78, 5) is 47.0. The van der Waals surface area contributed by atoms with Gasteiger partial charge in [-0.3, -0.25) is 14.4 Å². The summed E-state index contributed by atoms with van der Waals surface area (Å²) in [5, 5.41) is 7.81. The Labute approximate surface area is 189 Å². The Morgan fingerprint density at radius 2 is 2.03 bits per heavy atom. The number of pyridine rings is 1. The minimum atomic E-state index is -2.69. The third-order valence-electron chi connectivity index (χ3n) is 6.44. The number of aryl methyl sites for hydroxylation is 1. The number of nitrogens with one attached hydrogen (secondary N) is 3. The van der Waals surface area contributed by atoms with E-state index in [1.807, 2.05) is 5.32 Å². The van der Waals surface area contributed by atoms with Crippen molar-refractivity contribution in [2.75, 3.05) is 17.6 Å². The average Bonchev–Trinajstić information content (AvgIpc) is 3.53. The molecular weight excluding hydrogens is 408 g/mol. The molecule has 0 bridgehead atoms. The lowest BCUT2D eigenvalue weighted by molar-refractivity contribution is -0.117. The highest BCUT2D eigenvalue weighted by molar-refractivity contribution is 6.16. The molecule has 0 spiro atoms. The Bertz CT molecular complexity index is 1240. The van der Waals surface area contributed by atoms with Crippen molar-refractivity contribution >= 4 is 46.8 Å². The summed E-state index contributed by atoms with van der Waals surface area (Å²) in [5.74, 6) is -0.384. The fraction of sp³-hybridized carbons (Fsp3) is 0.435. The number of ketones is 1. The maximum atomic E-state index is 13.4. The standard InChI is InChI=1S/C23H26N6O3/c1-24-23(32)15-10-25-18(28-22(31)13-6-7-13)8-16(15)27-17-11-29(2)21-19(17)20(30)14(9-26-21)12-4-3-5-12/h8-14H,3-7H2,1-2H3,(H,24,32)(H2,25,27,28,31)/i1D3. The van der Waals surface area contributed by atoms with E-state index in [2.05, 4.69) is 20.6 Å². The van der Waals surface area contributed by atoms with Gasteiger partial charge in [0.05, 0.1) is 28.4 Å². The molecule has 3 N–H and O–H groups in total. The van der Waals surface area contributed by atoms with Crippen molar-refractivity contribution in [3.63, 3.8) is 0 Å². The maximum Gasteiger partial charge on any atom is 0.254 e. The molecule has 9 heteroatoms. The van der Waals surface area contributed by atoms with Crippen LogP contribution in [0.15, 0.2) is 23.5 Å². The molecule has 0 radical (unpaired) electrons. The highest BCUT2D eigenvalue weighted by atomic mass is 16.2. The van der Waals surface area contributed by atoms with Gasteiger partial charge in [-0.25, -0.2) is 9.98 Å². The molecule has 2 aliphatic carbocycles. The molecule has 2 aromatic heterocycles. The van der Waals surface area contributed by atoms with E-state index in [0.29, 0.717) is 17.1 Å². The largest absolute Gasteiger partial charge is 0.355 e.